The molecule has 2 radical (unpaired) electrons. The second kappa shape index (κ2) is 21.7. The molecule has 0 heterocycles. The van der Waals surface area contributed by atoms with Crippen molar-refractivity contribution in [3.8, 4) is 0 Å². The molecule has 28 heavy (non-hydrogen) atoms. The van der Waals surface area contributed by atoms with Crippen LogP contribution in [0.2, 0.25) is 0 Å². The topological polar surface area (TPSA) is 0 Å². The van der Waals surface area contributed by atoms with Crippen molar-refractivity contribution in [1.82, 2.24) is 0 Å². The fourth-order valence-electron chi connectivity index (χ4n) is 2.81. The van der Waals surface area contributed by atoms with E-state index in [1.54, 1.807) is 12.5 Å². The van der Waals surface area contributed by atoms with Crippen LogP contribution in [0.5, 0.6) is 0 Å². The maximum atomic E-state index is 4.57. The van der Waals surface area contributed by atoms with E-state index in [4.69, 9.17) is 0 Å². The second-order valence-corrected chi connectivity index (χ2v) is 6.25. The molecule has 0 bridgehead atoms. The summed E-state index contributed by atoms with van der Waals surface area (Å²) in [7, 11) is 9.14. The van der Waals surface area contributed by atoms with Gasteiger partial charge in [0.15, 0.2) is 0 Å². The molecule has 0 nitrogen and oxygen atoms in total. The van der Waals surface area contributed by atoms with Gasteiger partial charge in [-0.3, -0.25) is 0 Å². The third-order valence-corrected chi connectivity index (χ3v) is 5.62. The predicted octanol–water partition coefficient (Wildman–Crippen LogP) is 8.23. The first-order valence-electron chi connectivity index (χ1n) is 8.58. The minimum atomic E-state index is 1.47. The van der Waals surface area contributed by atoms with Gasteiger partial charge in [-0.05, 0) is 77.7 Å². The number of rotatable bonds is 0. The van der Waals surface area contributed by atoms with Crippen LogP contribution in [0.15, 0.2) is 44.6 Å². The first-order valence-corrected chi connectivity index (χ1v) is 14.7. The van der Waals surface area contributed by atoms with E-state index < -0.39 is 0 Å². The Bertz CT molecular complexity index is 465. The van der Waals surface area contributed by atoms with Gasteiger partial charge < -0.3 is 25.3 Å². The van der Waals surface area contributed by atoms with E-state index in [1.807, 2.05) is 34.6 Å². The molecule has 0 unspecified atom stereocenters. The van der Waals surface area contributed by atoms with Crippen molar-refractivity contribution in [2.75, 3.05) is 12.5 Å². The number of hydrogen-bond acceptors (Lipinski definition) is 2. The van der Waals surface area contributed by atoms with Crippen LogP contribution in [-0.2, 0) is 59.9 Å². The van der Waals surface area contributed by atoms with Gasteiger partial charge in [-0.2, -0.15) is 12.5 Å². The average Bonchev–Trinajstić information content (AvgIpc) is 3.04. The van der Waals surface area contributed by atoms with E-state index in [1.165, 1.54) is 56.4 Å². The van der Waals surface area contributed by atoms with Gasteiger partial charge >= 0.3 is 54.0 Å². The van der Waals surface area contributed by atoms with Gasteiger partial charge in [0.2, 0.25) is 0 Å². The normalized spacial score (nSPS) is 16.1. The Hall–Kier alpha value is 1.49. The molecule has 2 aliphatic rings. The molecule has 0 spiro atoms. The molecule has 0 saturated heterocycles. The summed E-state index contributed by atoms with van der Waals surface area (Å²) < 4.78 is 0. The predicted molar refractivity (Wildman–Crippen MR) is 130 cm³/mol. The molecule has 6 heteroatoms. The number of allylic oxidation sites excluding steroid dienone is 8. The number of halogens is 2. The summed E-state index contributed by atoms with van der Waals surface area (Å²) in [6.45, 7) is 22.0. The van der Waals surface area contributed by atoms with E-state index in [0.29, 0.717) is 0 Å². The van der Waals surface area contributed by atoms with Crippen LogP contribution in [0.1, 0.15) is 69.2 Å². The Morgan fingerprint density at radius 2 is 0.464 bits per heavy atom. The van der Waals surface area contributed by atoms with Crippen LogP contribution >= 0.6 is 19.4 Å². The van der Waals surface area contributed by atoms with Crippen LogP contribution < -0.4 is 0 Å². The zero-order valence-corrected chi connectivity index (χ0v) is 25.9. The summed E-state index contributed by atoms with van der Waals surface area (Å²) in [4.78, 5) is 0. The van der Waals surface area contributed by atoms with Crippen LogP contribution in [0.25, 0.3) is 0 Å². The van der Waals surface area contributed by atoms with Gasteiger partial charge in [-0.1, -0.05) is 36.1 Å². The van der Waals surface area contributed by atoms with Crippen molar-refractivity contribution in [1.29, 1.82) is 0 Å². The standard InChI is InChI=1S/2C10H15.2CH4S.2ClH.2Ru/c2*1-6-7(2)9(4)10(5)8(6)3;2*1-2;;;;/h2*1-5H3;2*2H,1H3;2*1H;;/q;;;;;;2*+2/p-4. The zero-order chi connectivity index (χ0) is 23.8. The first kappa shape index (κ1) is 36.8. The molecule has 0 aromatic heterocycles. The van der Waals surface area contributed by atoms with Crippen LogP contribution in [-0.4, -0.2) is 12.5 Å². The number of hydrogen-bond donors (Lipinski definition) is 0. The minimum absolute atomic E-state index is 1.47. The second-order valence-electron chi connectivity index (χ2n) is 6.25. The summed E-state index contributed by atoms with van der Waals surface area (Å²) in [6.07, 6.45) is 3.17. The molecule has 0 saturated carbocycles. The Balaban J connectivity index is -0.000000152. The Morgan fingerprint density at radius 3 is 0.500 bits per heavy atom. The molecular weight excluding hydrogens is 601 g/mol. The molecule has 0 fully saturated rings. The summed E-state index contributed by atoms with van der Waals surface area (Å²) >= 11 is 11.8. The van der Waals surface area contributed by atoms with Gasteiger partial charge in [0, 0.05) is 11.8 Å². The van der Waals surface area contributed by atoms with Crippen molar-refractivity contribution < 1.29 is 34.6 Å². The van der Waals surface area contributed by atoms with E-state index >= 15 is 0 Å². The van der Waals surface area contributed by atoms with Crippen molar-refractivity contribution in [3.63, 3.8) is 0 Å². The molecule has 2 rings (SSSR count). The van der Waals surface area contributed by atoms with E-state index in [-0.39, 0.29) is 0 Å². The van der Waals surface area contributed by atoms with Gasteiger partial charge in [0.05, 0.1) is 0 Å². The average molecular weight is 638 g/mol. The molecule has 0 atom stereocenters. The molecule has 0 aromatic carbocycles. The van der Waals surface area contributed by atoms with Gasteiger partial charge in [0.1, 0.15) is 0 Å². The van der Waals surface area contributed by atoms with Crippen molar-refractivity contribution >= 4 is 44.6 Å². The van der Waals surface area contributed by atoms with Crippen molar-refractivity contribution in [3.05, 3.63) is 56.4 Å². The van der Waals surface area contributed by atoms with Crippen molar-refractivity contribution in [2.45, 2.75) is 69.2 Å². The third-order valence-electron chi connectivity index (χ3n) is 5.62. The Kier molecular flexibility index (Phi) is 28.6. The quantitative estimate of drug-likeness (QED) is 0.194. The van der Waals surface area contributed by atoms with E-state index in [2.05, 4.69) is 114 Å². The first-order chi connectivity index (χ1) is 13.1. The summed E-state index contributed by atoms with van der Waals surface area (Å²) in [5, 5.41) is 0. The molecule has 0 amide bonds. The fraction of sp³-hybridized carbons (Fsp3) is 0.545. The Morgan fingerprint density at radius 1 is 0.357 bits per heavy atom. The van der Waals surface area contributed by atoms with Crippen LogP contribution in [0.4, 0.5) is 0 Å². The molecule has 166 valence electrons. The van der Waals surface area contributed by atoms with Crippen LogP contribution in [0, 0.1) is 11.8 Å². The Labute approximate surface area is 215 Å². The van der Waals surface area contributed by atoms with Gasteiger partial charge in [0.25, 0.3) is 0 Å². The maximum absolute atomic E-state index is 4.57. The van der Waals surface area contributed by atoms with E-state index in [0.717, 1.165) is 0 Å². The molecule has 0 aromatic rings. The zero-order valence-electron chi connectivity index (χ0n) is 19.3. The molecule has 2 aliphatic carbocycles. The van der Waals surface area contributed by atoms with Crippen molar-refractivity contribution in [2.24, 2.45) is 0 Å². The van der Waals surface area contributed by atoms with Gasteiger partial charge in [-0.15, -0.1) is 0 Å². The molecule has 0 N–H and O–H groups in total. The fourth-order valence-corrected chi connectivity index (χ4v) is 2.81. The molecular formula is C22H36Cl2Ru2S2. The molecule has 0 aliphatic heterocycles. The summed E-state index contributed by atoms with van der Waals surface area (Å²) in [5.41, 5.74) is 11.7. The van der Waals surface area contributed by atoms with Gasteiger partial charge in [-0.25, -0.2) is 0 Å². The summed E-state index contributed by atoms with van der Waals surface area (Å²) in [6, 6.07) is 0. The summed E-state index contributed by atoms with van der Waals surface area (Å²) in [5.74, 6) is 2.94. The monoisotopic (exact) mass is 638 g/mol. The van der Waals surface area contributed by atoms with Crippen LogP contribution in [0.3, 0.4) is 0 Å². The third kappa shape index (κ3) is 11.2. The van der Waals surface area contributed by atoms with E-state index in [9.17, 15) is 0 Å². The SMILES string of the molecule is C[C]1C(C)=C(C)C(C)=C1C.C[C]1C(C)=C(C)C(C)=C1C.C[S-].C[S-].[Cl][Ru+].[Cl][Ru+].